The molecule has 0 saturated carbocycles. The number of rotatable bonds is 5. The molecule has 2 rings (SSSR count). The summed E-state index contributed by atoms with van der Waals surface area (Å²) in [6.45, 7) is -0.0399. The van der Waals surface area contributed by atoms with E-state index in [4.69, 9.17) is 10.00 Å². The Kier molecular flexibility index (Phi) is 5.89. The second-order valence-electron chi connectivity index (χ2n) is 4.64. The molecule has 0 atom stereocenters. The molecule has 6 heteroatoms. The van der Waals surface area contributed by atoms with Crippen LogP contribution >= 0.6 is 15.9 Å². The Balaban J connectivity index is 1.83. The van der Waals surface area contributed by atoms with Gasteiger partial charge in [-0.25, -0.2) is 4.79 Å². The van der Waals surface area contributed by atoms with Crippen molar-refractivity contribution >= 4 is 27.8 Å². The predicted molar refractivity (Wildman–Crippen MR) is 87.4 cm³/mol. The fraction of sp³-hybridized carbons (Fsp3) is 0.118. The van der Waals surface area contributed by atoms with Crippen LogP contribution in [0.2, 0.25) is 0 Å². The maximum Gasteiger partial charge on any atom is 0.338 e. The second-order valence-corrected chi connectivity index (χ2v) is 5.49. The first kappa shape index (κ1) is 16.7. The van der Waals surface area contributed by atoms with Gasteiger partial charge in [0, 0.05) is 11.0 Å². The van der Waals surface area contributed by atoms with Gasteiger partial charge in [-0.15, -0.1) is 0 Å². The number of nitrogens with one attached hydrogen (secondary N) is 1. The van der Waals surface area contributed by atoms with E-state index in [2.05, 4.69) is 21.2 Å². The van der Waals surface area contributed by atoms with E-state index in [9.17, 15) is 9.59 Å². The minimum absolute atomic E-state index is 0.239. The molecule has 0 fully saturated rings. The molecule has 0 saturated heterocycles. The maximum absolute atomic E-state index is 11.8. The molecule has 1 N–H and O–H groups in total. The van der Waals surface area contributed by atoms with Crippen LogP contribution in [0.5, 0.6) is 0 Å². The SMILES string of the molecule is N#Cc1cccc(C(=O)OCC(=O)NCc2ccccc2Br)c1. The zero-order valence-corrected chi connectivity index (χ0v) is 13.7. The first-order chi connectivity index (χ1) is 11.1. The van der Waals surface area contributed by atoms with Crippen molar-refractivity contribution in [3.63, 3.8) is 0 Å². The lowest BCUT2D eigenvalue weighted by Crippen LogP contribution is -2.28. The first-order valence-corrected chi connectivity index (χ1v) is 7.57. The summed E-state index contributed by atoms with van der Waals surface area (Å²) in [5, 5.41) is 11.5. The van der Waals surface area contributed by atoms with Gasteiger partial charge in [-0.1, -0.05) is 40.2 Å². The van der Waals surface area contributed by atoms with Crippen LogP contribution in [-0.2, 0) is 16.1 Å². The van der Waals surface area contributed by atoms with Gasteiger partial charge >= 0.3 is 5.97 Å². The van der Waals surface area contributed by atoms with E-state index in [-0.39, 0.29) is 12.2 Å². The van der Waals surface area contributed by atoms with Crippen molar-refractivity contribution in [3.8, 4) is 6.07 Å². The van der Waals surface area contributed by atoms with Gasteiger partial charge in [-0.3, -0.25) is 4.79 Å². The number of hydrogen-bond acceptors (Lipinski definition) is 4. The van der Waals surface area contributed by atoms with Crippen LogP contribution < -0.4 is 5.32 Å². The van der Waals surface area contributed by atoms with Crippen molar-refractivity contribution < 1.29 is 14.3 Å². The van der Waals surface area contributed by atoms with Crippen molar-refractivity contribution in [1.29, 1.82) is 5.26 Å². The third-order valence-corrected chi connectivity index (χ3v) is 3.77. The summed E-state index contributed by atoms with van der Waals surface area (Å²) in [6.07, 6.45) is 0. The third kappa shape index (κ3) is 4.94. The summed E-state index contributed by atoms with van der Waals surface area (Å²) in [5.41, 5.74) is 1.52. The number of ether oxygens (including phenoxy) is 1. The van der Waals surface area contributed by atoms with E-state index in [1.165, 1.54) is 12.1 Å². The van der Waals surface area contributed by atoms with Gasteiger partial charge < -0.3 is 10.1 Å². The van der Waals surface area contributed by atoms with Gasteiger partial charge in [0.25, 0.3) is 5.91 Å². The first-order valence-electron chi connectivity index (χ1n) is 6.77. The molecule has 0 aliphatic rings. The summed E-state index contributed by atoms with van der Waals surface area (Å²) < 4.78 is 5.83. The summed E-state index contributed by atoms with van der Waals surface area (Å²) in [7, 11) is 0. The smallest absolute Gasteiger partial charge is 0.338 e. The van der Waals surface area contributed by atoms with E-state index in [0.717, 1.165) is 10.0 Å². The van der Waals surface area contributed by atoms with Crippen molar-refractivity contribution in [2.45, 2.75) is 6.54 Å². The van der Waals surface area contributed by atoms with Crippen LogP contribution in [0, 0.1) is 11.3 Å². The third-order valence-electron chi connectivity index (χ3n) is 3.00. The van der Waals surface area contributed by atoms with Gasteiger partial charge in [0.15, 0.2) is 6.61 Å². The summed E-state index contributed by atoms with van der Waals surface area (Å²) in [4.78, 5) is 23.6. The molecule has 0 spiro atoms. The Bertz CT molecular complexity index is 768. The van der Waals surface area contributed by atoms with Gasteiger partial charge in [0.2, 0.25) is 0 Å². The number of halogens is 1. The normalized spacial score (nSPS) is 9.74. The van der Waals surface area contributed by atoms with E-state index >= 15 is 0 Å². The predicted octanol–water partition coefficient (Wildman–Crippen LogP) is 2.79. The maximum atomic E-state index is 11.8. The molecule has 0 heterocycles. The molecule has 23 heavy (non-hydrogen) atoms. The molecule has 2 aromatic rings. The van der Waals surface area contributed by atoms with Gasteiger partial charge in [0.05, 0.1) is 17.2 Å². The number of carbonyl (C=O) groups excluding carboxylic acids is 2. The van der Waals surface area contributed by atoms with E-state index < -0.39 is 11.9 Å². The lowest BCUT2D eigenvalue weighted by atomic mass is 10.1. The fourth-order valence-electron chi connectivity index (χ4n) is 1.82. The summed E-state index contributed by atoms with van der Waals surface area (Å²) >= 11 is 3.39. The molecule has 5 nitrogen and oxygen atoms in total. The molecule has 0 radical (unpaired) electrons. The Morgan fingerprint density at radius 1 is 1.17 bits per heavy atom. The van der Waals surface area contributed by atoms with Crippen LogP contribution in [0.15, 0.2) is 53.0 Å². The Labute approximate surface area is 142 Å². The summed E-state index contributed by atoms with van der Waals surface area (Å²) in [5.74, 6) is -1.04. The highest BCUT2D eigenvalue weighted by molar-refractivity contribution is 9.10. The molecule has 116 valence electrons. The minimum Gasteiger partial charge on any atom is -0.452 e. The number of benzene rings is 2. The van der Waals surface area contributed by atoms with Crippen LogP contribution in [0.3, 0.4) is 0 Å². The number of nitrogens with zero attached hydrogens (tertiary/aromatic N) is 1. The molecule has 0 unspecified atom stereocenters. The zero-order valence-electron chi connectivity index (χ0n) is 12.1. The lowest BCUT2D eigenvalue weighted by Gasteiger charge is -2.08. The van der Waals surface area contributed by atoms with E-state index in [1.54, 1.807) is 12.1 Å². The molecule has 2 aromatic carbocycles. The van der Waals surface area contributed by atoms with Crippen molar-refractivity contribution in [1.82, 2.24) is 5.32 Å². The zero-order chi connectivity index (χ0) is 16.7. The molecule has 0 aromatic heterocycles. The highest BCUT2D eigenvalue weighted by atomic mass is 79.9. The highest BCUT2D eigenvalue weighted by Crippen LogP contribution is 2.15. The summed E-state index contributed by atoms with van der Waals surface area (Å²) in [6, 6.07) is 15.6. The van der Waals surface area contributed by atoms with E-state index in [0.29, 0.717) is 12.1 Å². The molecular formula is C17H13BrN2O3. The topological polar surface area (TPSA) is 79.2 Å². The number of amides is 1. The monoisotopic (exact) mass is 372 g/mol. The number of nitriles is 1. The van der Waals surface area contributed by atoms with Crippen LogP contribution in [0.25, 0.3) is 0 Å². The molecule has 0 bridgehead atoms. The average molecular weight is 373 g/mol. The Morgan fingerprint density at radius 3 is 2.70 bits per heavy atom. The number of hydrogen-bond donors (Lipinski definition) is 1. The van der Waals surface area contributed by atoms with Gasteiger partial charge in [-0.2, -0.15) is 5.26 Å². The van der Waals surface area contributed by atoms with Crippen molar-refractivity contribution in [2.24, 2.45) is 0 Å². The number of carbonyl (C=O) groups is 2. The standard InChI is InChI=1S/C17H13BrN2O3/c18-15-7-2-1-5-14(15)10-20-16(21)11-23-17(22)13-6-3-4-12(8-13)9-19/h1-8H,10-11H2,(H,20,21). The average Bonchev–Trinajstić information content (AvgIpc) is 2.59. The minimum atomic E-state index is -0.641. The number of esters is 1. The van der Waals surface area contributed by atoms with Crippen molar-refractivity contribution in [3.05, 3.63) is 69.7 Å². The van der Waals surface area contributed by atoms with Crippen LogP contribution in [0.1, 0.15) is 21.5 Å². The molecule has 0 aliphatic carbocycles. The molecule has 1 amide bonds. The van der Waals surface area contributed by atoms with Crippen LogP contribution in [0.4, 0.5) is 0 Å². The fourth-order valence-corrected chi connectivity index (χ4v) is 2.24. The second kappa shape index (κ2) is 8.11. The highest BCUT2D eigenvalue weighted by Gasteiger charge is 2.11. The molecule has 0 aliphatic heterocycles. The van der Waals surface area contributed by atoms with Crippen LogP contribution in [-0.4, -0.2) is 18.5 Å². The molecular weight excluding hydrogens is 360 g/mol. The quantitative estimate of drug-likeness (QED) is 0.818. The Hall–Kier alpha value is -2.65. The lowest BCUT2D eigenvalue weighted by molar-refractivity contribution is -0.124. The van der Waals surface area contributed by atoms with Gasteiger partial charge in [0.1, 0.15) is 0 Å². The largest absolute Gasteiger partial charge is 0.452 e. The van der Waals surface area contributed by atoms with E-state index in [1.807, 2.05) is 30.3 Å². The van der Waals surface area contributed by atoms with Crippen molar-refractivity contribution in [2.75, 3.05) is 6.61 Å². The Morgan fingerprint density at radius 2 is 1.96 bits per heavy atom. The van der Waals surface area contributed by atoms with Gasteiger partial charge in [-0.05, 0) is 29.8 Å².